The largest absolute Gasteiger partial charge is 0.497 e. The lowest BCUT2D eigenvalue weighted by atomic mass is 10.1. The van der Waals surface area contributed by atoms with Crippen LogP contribution in [-0.2, 0) is 19.9 Å². The number of carbonyl (C=O) groups excluding carboxylic acids is 1. The highest BCUT2D eigenvalue weighted by Gasteiger charge is 2.08. The summed E-state index contributed by atoms with van der Waals surface area (Å²) in [7, 11) is 3.66. The molecule has 152 valence electrons. The van der Waals surface area contributed by atoms with Gasteiger partial charge in [-0.05, 0) is 60.5 Å². The first-order chi connectivity index (χ1) is 14.6. The number of benzene rings is 3. The molecule has 2 amide bonds. The molecule has 0 aliphatic rings. The van der Waals surface area contributed by atoms with E-state index >= 15 is 0 Å². The fraction of sp³-hybridized carbons (Fsp3) is 0.167. The zero-order valence-corrected chi connectivity index (χ0v) is 17.1. The maximum atomic E-state index is 12.2. The Morgan fingerprint density at radius 3 is 2.17 bits per heavy atom. The molecule has 1 aromatic heterocycles. The molecule has 1 heterocycles. The van der Waals surface area contributed by atoms with Gasteiger partial charge in [0.25, 0.3) is 0 Å². The van der Waals surface area contributed by atoms with Crippen molar-refractivity contribution in [3.63, 3.8) is 0 Å². The number of carbonyl (C=O) groups is 1. The van der Waals surface area contributed by atoms with Gasteiger partial charge < -0.3 is 19.9 Å². The molecule has 3 aromatic carbocycles. The Morgan fingerprint density at radius 1 is 0.900 bits per heavy atom. The van der Waals surface area contributed by atoms with Gasteiger partial charge in [0.15, 0.2) is 0 Å². The van der Waals surface area contributed by atoms with Crippen LogP contribution in [0.3, 0.4) is 0 Å². The first-order valence-corrected chi connectivity index (χ1v) is 9.84. The standard InChI is InChI=1S/C24H24N4O2/c1-28-22-6-4-3-5-21(22)27-23(28)16-9-17-7-10-18(11-8-17)25-24(29)26-19-12-14-20(30-2)15-13-19/h3-8,10-15H,9,16H2,1-2H3,(H2,25,26,29). The summed E-state index contributed by atoms with van der Waals surface area (Å²) in [6.07, 6.45) is 1.74. The summed E-state index contributed by atoms with van der Waals surface area (Å²) in [6, 6.07) is 23.0. The second-order valence-electron chi connectivity index (χ2n) is 7.08. The molecule has 0 aliphatic carbocycles. The third-order valence-corrected chi connectivity index (χ3v) is 5.08. The molecular weight excluding hydrogens is 376 g/mol. The SMILES string of the molecule is COc1ccc(NC(=O)Nc2ccc(CCc3nc4ccccc4n3C)cc2)cc1. The average Bonchev–Trinajstić information content (AvgIpc) is 3.09. The second-order valence-corrected chi connectivity index (χ2v) is 7.08. The van der Waals surface area contributed by atoms with Gasteiger partial charge in [-0.25, -0.2) is 9.78 Å². The van der Waals surface area contributed by atoms with E-state index in [1.807, 2.05) is 42.5 Å². The Balaban J connectivity index is 1.33. The van der Waals surface area contributed by atoms with E-state index in [1.54, 1.807) is 31.4 Å². The first-order valence-electron chi connectivity index (χ1n) is 9.84. The van der Waals surface area contributed by atoms with E-state index in [0.29, 0.717) is 5.69 Å². The van der Waals surface area contributed by atoms with E-state index in [2.05, 4.69) is 28.3 Å². The van der Waals surface area contributed by atoms with E-state index in [1.165, 1.54) is 5.56 Å². The lowest BCUT2D eigenvalue weighted by molar-refractivity contribution is 0.262. The molecule has 2 N–H and O–H groups in total. The highest BCUT2D eigenvalue weighted by atomic mass is 16.5. The molecule has 0 fully saturated rings. The van der Waals surface area contributed by atoms with Crippen LogP contribution in [0.1, 0.15) is 11.4 Å². The van der Waals surface area contributed by atoms with Crippen molar-refractivity contribution in [3.8, 4) is 5.75 Å². The molecule has 0 aliphatic heterocycles. The number of urea groups is 1. The van der Waals surface area contributed by atoms with Gasteiger partial charge in [0, 0.05) is 24.8 Å². The van der Waals surface area contributed by atoms with Crippen LogP contribution in [0.5, 0.6) is 5.75 Å². The van der Waals surface area contributed by atoms with Crippen molar-refractivity contribution in [2.75, 3.05) is 17.7 Å². The molecule has 0 saturated heterocycles. The molecule has 0 bridgehead atoms. The van der Waals surface area contributed by atoms with Crippen LogP contribution in [0.15, 0.2) is 72.8 Å². The highest BCUT2D eigenvalue weighted by Crippen LogP contribution is 2.18. The number of nitrogens with zero attached hydrogens (tertiary/aromatic N) is 2. The quantitative estimate of drug-likeness (QED) is 0.478. The molecule has 0 radical (unpaired) electrons. The zero-order valence-electron chi connectivity index (χ0n) is 17.1. The fourth-order valence-electron chi connectivity index (χ4n) is 3.40. The number of rotatable bonds is 6. The Labute approximate surface area is 175 Å². The van der Waals surface area contributed by atoms with Gasteiger partial charge in [-0.15, -0.1) is 0 Å². The number of amides is 2. The summed E-state index contributed by atoms with van der Waals surface area (Å²) in [6.45, 7) is 0. The summed E-state index contributed by atoms with van der Waals surface area (Å²) < 4.78 is 7.26. The minimum Gasteiger partial charge on any atom is -0.497 e. The molecule has 0 unspecified atom stereocenters. The van der Waals surface area contributed by atoms with Crippen molar-refractivity contribution in [1.29, 1.82) is 0 Å². The first kappa shape index (κ1) is 19.5. The lowest BCUT2D eigenvalue weighted by Gasteiger charge is -2.09. The van der Waals surface area contributed by atoms with Gasteiger partial charge in [0.2, 0.25) is 0 Å². The van der Waals surface area contributed by atoms with Crippen LogP contribution in [0.4, 0.5) is 16.2 Å². The van der Waals surface area contributed by atoms with E-state index in [9.17, 15) is 4.79 Å². The number of hydrogen-bond donors (Lipinski definition) is 2. The molecule has 0 saturated carbocycles. The highest BCUT2D eigenvalue weighted by molar-refractivity contribution is 5.99. The van der Waals surface area contributed by atoms with Gasteiger partial charge in [-0.2, -0.15) is 0 Å². The Kier molecular flexibility index (Phi) is 5.66. The predicted molar refractivity (Wildman–Crippen MR) is 120 cm³/mol. The third kappa shape index (κ3) is 4.43. The summed E-state index contributed by atoms with van der Waals surface area (Å²) in [4.78, 5) is 16.9. The minimum absolute atomic E-state index is 0.285. The monoisotopic (exact) mass is 400 g/mol. The number of imidazole rings is 1. The number of ether oxygens (including phenoxy) is 1. The number of aromatic nitrogens is 2. The van der Waals surface area contributed by atoms with Gasteiger partial charge in [0.1, 0.15) is 11.6 Å². The van der Waals surface area contributed by atoms with Crippen LogP contribution in [0.2, 0.25) is 0 Å². The van der Waals surface area contributed by atoms with E-state index < -0.39 is 0 Å². The Morgan fingerprint density at radius 2 is 1.53 bits per heavy atom. The number of nitrogens with one attached hydrogen (secondary N) is 2. The predicted octanol–water partition coefficient (Wildman–Crippen LogP) is 5.01. The third-order valence-electron chi connectivity index (χ3n) is 5.08. The molecule has 0 spiro atoms. The maximum Gasteiger partial charge on any atom is 0.323 e. The van der Waals surface area contributed by atoms with Gasteiger partial charge in [-0.1, -0.05) is 24.3 Å². The number of hydrogen-bond acceptors (Lipinski definition) is 3. The van der Waals surface area contributed by atoms with Crippen molar-refractivity contribution in [2.45, 2.75) is 12.8 Å². The summed E-state index contributed by atoms with van der Waals surface area (Å²) in [5, 5.41) is 5.65. The molecule has 30 heavy (non-hydrogen) atoms. The van der Waals surface area contributed by atoms with E-state index in [0.717, 1.165) is 41.1 Å². The van der Waals surface area contributed by atoms with Crippen molar-refractivity contribution >= 4 is 28.4 Å². The van der Waals surface area contributed by atoms with E-state index in [-0.39, 0.29) is 6.03 Å². The summed E-state index contributed by atoms with van der Waals surface area (Å²) in [5.74, 6) is 1.81. The van der Waals surface area contributed by atoms with Crippen molar-refractivity contribution in [2.24, 2.45) is 7.05 Å². The Hall–Kier alpha value is -3.80. The topological polar surface area (TPSA) is 68.2 Å². The van der Waals surface area contributed by atoms with Gasteiger partial charge >= 0.3 is 6.03 Å². The number of anilines is 2. The fourth-order valence-corrected chi connectivity index (χ4v) is 3.40. The molecule has 4 rings (SSSR count). The second kappa shape index (κ2) is 8.69. The van der Waals surface area contributed by atoms with Crippen LogP contribution in [-0.4, -0.2) is 22.7 Å². The molecular formula is C24H24N4O2. The number of methoxy groups -OCH3 is 1. The van der Waals surface area contributed by atoms with Crippen LogP contribution < -0.4 is 15.4 Å². The average molecular weight is 400 g/mol. The number of para-hydroxylation sites is 2. The molecule has 0 atom stereocenters. The summed E-state index contributed by atoms with van der Waals surface area (Å²) in [5.41, 5.74) is 4.82. The molecule has 6 heteroatoms. The summed E-state index contributed by atoms with van der Waals surface area (Å²) >= 11 is 0. The number of fused-ring (bicyclic) bond motifs is 1. The van der Waals surface area contributed by atoms with Crippen LogP contribution >= 0.6 is 0 Å². The maximum absolute atomic E-state index is 12.2. The normalized spacial score (nSPS) is 10.7. The van der Waals surface area contributed by atoms with Gasteiger partial charge in [-0.3, -0.25) is 0 Å². The van der Waals surface area contributed by atoms with Crippen LogP contribution in [0, 0.1) is 0 Å². The zero-order chi connectivity index (χ0) is 20.9. The van der Waals surface area contributed by atoms with Gasteiger partial charge in [0.05, 0.1) is 18.1 Å². The van der Waals surface area contributed by atoms with Crippen molar-refractivity contribution in [3.05, 3.63) is 84.2 Å². The number of aryl methyl sites for hydroxylation is 3. The van der Waals surface area contributed by atoms with Crippen molar-refractivity contribution in [1.82, 2.24) is 9.55 Å². The minimum atomic E-state index is -0.285. The molecule has 4 aromatic rings. The van der Waals surface area contributed by atoms with E-state index in [4.69, 9.17) is 9.72 Å². The Bertz CT molecular complexity index is 1150. The molecule has 6 nitrogen and oxygen atoms in total. The van der Waals surface area contributed by atoms with Crippen molar-refractivity contribution < 1.29 is 9.53 Å². The van der Waals surface area contributed by atoms with Crippen LogP contribution in [0.25, 0.3) is 11.0 Å². The lowest BCUT2D eigenvalue weighted by Crippen LogP contribution is -2.19. The smallest absolute Gasteiger partial charge is 0.323 e.